The third kappa shape index (κ3) is 7.51. The van der Waals surface area contributed by atoms with Crippen LogP contribution in [0.4, 0.5) is 0 Å². The second-order valence-corrected chi connectivity index (χ2v) is 6.90. The van der Waals surface area contributed by atoms with Gasteiger partial charge in [0.25, 0.3) is 5.91 Å². The lowest BCUT2D eigenvalue weighted by molar-refractivity contribution is -0.150. The van der Waals surface area contributed by atoms with Gasteiger partial charge in [0, 0.05) is 6.54 Å². The molecule has 31 heavy (non-hydrogen) atoms. The molecule has 3 rings (SSSR count). The van der Waals surface area contributed by atoms with Gasteiger partial charge in [-0.1, -0.05) is 54.6 Å². The predicted molar refractivity (Wildman–Crippen MR) is 117 cm³/mol. The van der Waals surface area contributed by atoms with E-state index < -0.39 is 5.97 Å². The molecular formula is C25H25NO5. The van der Waals surface area contributed by atoms with Crippen molar-refractivity contribution in [3.05, 3.63) is 95.6 Å². The van der Waals surface area contributed by atoms with Gasteiger partial charge in [0.05, 0.1) is 0 Å². The van der Waals surface area contributed by atoms with Gasteiger partial charge in [0.1, 0.15) is 18.1 Å². The summed E-state index contributed by atoms with van der Waals surface area (Å²) < 4.78 is 16.1. The zero-order valence-electron chi connectivity index (χ0n) is 17.4. The van der Waals surface area contributed by atoms with Gasteiger partial charge in [-0.3, -0.25) is 4.79 Å². The molecular weight excluding hydrogens is 394 g/mol. The van der Waals surface area contributed by atoms with Crippen molar-refractivity contribution < 1.29 is 23.8 Å². The van der Waals surface area contributed by atoms with Gasteiger partial charge in [-0.25, -0.2) is 4.79 Å². The van der Waals surface area contributed by atoms with Crippen molar-refractivity contribution in [2.45, 2.75) is 20.1 Å². The number of carbonyl (C=O) groups is 2. The van der Waals surface area contributed by atoms with E-state index in [9.17, 15) is 9.59 Å². The van der Waals surface area contributed by atoms with Crippen LogP contribution in [-0.2, 0) is 27.5 Å². The van der Waals surface area contributed by atoms with E-state index in [1.807, 2.05) is 61.5 Å². The van der Waals surface area contributed by atoms with Crippen molar-refractivity contribution in [3.8, 4) is 11.5 Å². The first-order valence-electron chi connectivity index (χ1n) is 9.96. The first-order valence-corrected chi connectivity index (χ1v) is 9.96. The zero-order chi connectivity index (χ0) is 21.9. The van der Waals surface area contributed by atoms with Crippen molar-refractivity contribution in [2.75, 3.05) is 13.2 Å². The van der Waals surface area contributed by atoms with Crippen LogP contribution in [0.25, 0.3) is 0 Å². The highest BCUT2D eigenvalue weighted by Gasteiger charge is 2.09. The van der Waals surface area contributed by atoms with Gasteiger partial charge in [0.2, 0.25) is 0 Å². The van der Waals surface area contributed by atoms with Crippen molar-refractivity contribution in [3.63, 3.8) is 0 Å². The summed E-state index contributed by atoms with van der Waals surface area (Å²) in [6.07, 6.45) is 0. The minimum atomic E-state index is -0.615. The highest BCUT2D eigenvalue weighted by atomic mass is 16.6. The standard InChI is InChI=1S/C25H25NO5/c1-19-7-5-6-10-21(19)15-26-24(27)17-31-25(28)18-30-23-13-11-22(12-14-23)29-16-20-8-3-2-4-9-20/h2-14H,15-18H2,1H3,(H,26,27). The minimum absolute atomic E-state index is 0.282. The lowest BCUT2D eigenvalue weighted by Crippen LogP contribution is -2.29. The fourth-order valence-corrected chi connectivity index (χ4v) is 2.76. The van der Waals surface area contributed by atoms with Crippen LogP contribution in [-0.4, -0.2) is 25.1 Å². The number of amides is 1. The average molecular weight is 419 g/mol. The Hall–Kier alpha value is -3.80. The lowest BCUT2D eigenvalue weighted by atomic mass is 10.1. The Labute approximate surface area is 181 Å². The van der Waals surface area contributed by atoms with Crippen LogP contribution in [0.15, 0.2) is 78.9 Å². The molecule has 0 aromatic heterocycles. The van der Waals surface area contributed by atoms with Crippen LogP contribution in [0.2, 0.25) is 0 Å². The maximum atomic E-state index is 11.9. The molecule has 3 aromatic rings. The van der Waals surface area contributed by atoms with Crippen LogP contribution in [0.1, 0.15) is 16.7 Å². The molecule has 3 aromatic carbocycles. The summed E-state index contributed by atoms with van der Waals surface area (Å²) in [6.45, 7) is 2.20. The zero-order valence-corrected chi connectivity index (χ0v) is 17.4. The number of aryl methyl sites for hydroxylation is 1. The maximum absolute atomic E-state index is 11.9. The van der Waals surface area contributed by atoms with Crippen LogP contribution in [0, 0.1) is 6.92 Å². The Bertz CT molecular complexity index is 986. The highest BCUT2D eigenvalue weighted by Crippen LogP contribution is 2.18. The third-order valence-corrected chi connectivity index (χ3v) is 4.53. The topological polar surface area (TPSA) is 73.9 Å². The van der Waals surface area contributed by atoms with Crippen molar-refractivity contribution >= 4 is 11.9 Å². The molecule has 0 spiro atoms. The molecule has 0 unspecified atom stereocenters. The molecule has 0 atom stereocenters. The molecule has 0 radical (unpaired) electrons. The molecule has 1 N–H and O–H groups in total. The van der Waals surface area contributed by atoms with Gasteiger partial charge in [-0.15, -0.1) is 0 Å². The van der Waals surface area contributed by atoms with E-state index in [1.165, 1.54) is 0 Å². The molecule has 0 fully saturated rings. The number of hydrogen-bond donors (Lipinski definition) is 1. The molecule has 6 heteroatoms. The summed E-state index contributed by atoms with van der Waals surface area (Å²) in [5.41, 5.74) is 3.18. The first-order chi connectivity index (χ1) is 15.1. The number of carbonyl (C=O) groups excluding carboxylic acids is 2. The fraction of sp³-hybridized carbons (Fsp3) is 0.200. The largest absolute Gasteiger partial charge is 0.489 e. The molecule has 0 aliphatic rings. The summed E-state index contributed by atoms with van der Waals surface area (Å²) in [4.78, 5) is 23.7. The van der Waals surface area contributed by atoms with Gasteiger partial charge in [0.15, 0.2) is 13.2 Å². The average Bonchev–Trinajstić information content (AvgIpc) is 2.81. The second-order valence-electron chi connectivity index (χ2n) is 6.90. The Balaban J connectivity index is 1.33. The number of ether oxygens (including phenoxy) is 3. The number of rotatable bonds is 10. The van der Waals surface area contributed by atoms with E-state index in [1.54, 1.807) is 24.3 Å². The molecule has 160 valence electrons. The fourth-order valence-electron chi connectivity index (χ4n) is 2.76. The van der Waals surface area contributed by atoms with E-state index in [2.05, 4.69) is 5.32 Å². The van der Waals surface area contributed by atoms with E-state index >= 15 is 0 Å². The van der Waals surface area contributed by atoms with Gasteiger partial charge in [-0.2, -0.15) is 0 Å². The maximum Gasteiger partial charge on any atom is 0.344 e. The summed E-state index contributed by atoms with van der Waals surface area (Å²) in [5, 5.41) is 2.73. The Morgan fingerprint density at radius 2 is 1.42 bits per heavy atom. The van der Waals surface area contributed by atoms with Crippen molar-refractivity contribution in [1.29, 1.82) is 0 Å². The summed E-state index contributed by atoms with van der Waals surface area (Å²) >= 11 is 0. The van der Waals surface area contributed by atoms with Gasteiger partial charge in [-0.05, 0) is 47.9 Å². The predicted octanol–water partition coefficient (Wildman–Crippen LogP) is 3.81. The molecule has 0 saturated heterocycles. The first kappa shape index (κ1) is 21.9. The Kier molecular flexibility index (Phi) is 8.05. The highest BCUT2D eigenvalue weighted by molar-refractivity contribution is 5.80. The third-order valence-electron chi connectivity index (χ3n) is 4.53. The lowest BCUT2D eigenvalue weighted by Gasteiger charge is -2.10. The molecule has 0 aliphatic carbocycles. The molecule has 1 amide bonds. The number of benzene rings is 3. The van der Waals surface area contributed by atoms with E-state index in [4.69, 9.17) is 14.2 Å². The quantitative estimate of drug-likeness (QED) is 0.506. The van der Waals surface area contributed by atoms with Gasteiger partial charge < -0.3 is 19.5 Å². The summed E-state index contributed by atoms with van der Waals surface area (Å²) in [5.74, 6) is 0.226. The van der Waals surface area contributed by atoms with Crippen LogP contribution in [0.3, 0.4) is 0 Å². The molecule has 0 aliphatic heterocycles. The normalized spacial score (nSPS) is 10.2. The van der Waals surface area contributed by atoms with Crippen molar-refractivity contribution in [1.82, 2.24) is 5.32 Å². The summed E-state index contributed by atoms with van der Waals surface area (Å²) in [7, 11) is 0. The number of nitrogens with one attached hydrogen (secondary N) is 1. The smallest absolute Gasteiger partial charge is 0.344 e. The van der Waals surface area contributed by atoms with E-state index in [0.717, 1.165) is 16.7 Å². The van der Waals surface area contributed by atoms with Crippen LogP contribution in [0.5, 0.6) is 11.5 Å². The number of esters is 1. The molecule has 6 nitrogen and oxygen atoms in total. The minimum Gasteiger partial charge on any atom is -0.489 e. The van der Waals surface area contributed by atoms with Crippen molar-refractivity contribution in [2.24, 2.45) is 0 Å². The SMILES string of the molecule is Cc1ccccc1CNC(=O)COC(=O)COc1ccc(OCc2ccccc2)cc1. The molecule has 0 heterocycles. The Morgan fingerprint density at radius 1 is 0.774 bits per heavy atom. The monoisotopic (exact) mass is 419 g/mol. The second kappa shape index (κ2) is 11.4. The van der Waals surface area contributed by atoms with E-state index in [-0.39, 0.29) is 19.1 Å². The van der Waals surface area contributed by atoms with Crippen LogP contribution < -0.4 is 14.8 Å². The molecule has 0 saturated carbocycles. The van der Waals surface area contributed by atoms with Crippen LogP contribution >= 0.6 is 0 Å². The number of hydrogen-bond acceptors (Lipinski definition) is 5. The molecule has 0 bridgehead atoms. The van der Waals surface area contributed by atoms with Gasteiger partial charge >= 0.3 is 5.97 Å². The van der Waals surface area contributed by atoms with E-state index in [0.29, 0.717) is 24.7 Å². The Morgan fingerprint density at radius 3 is 2.13 bits per heavy atom. The summed E-state index contributed by atoms with van der Waals surface area (Å²) in [6, 6.07) is 24.6.